The number of aromatic amines is 1. The fraction of sp³-hybridized carbons (Fsp3) is 0.250. The fourth-order valence-corrected chi connectivity index (χ4v) is 4.73. The van der Waals surface area contributed by atoms with Gasteiger partial charge in [0.05, 0.1) is 5.69 Å². The highest BCUT2D eigenvalue weighted by molar-refractivity contribution is 7.15. The molecule has 0 fully saturated rings. The first-order valence-corrected chi connectivity index (χ1v) is 11.3. The number of halogens is 1. The first-order valence-electron chi connectivity index (χ1n) is 10.1. The third-order valence-corrected chi connectivity index (χ3v) is 6.21. The third kappa shape index (κ3) is 5.15. The summed E-state index contributed by atoms with van der Waals surface area (Å²) < 4.78 is 0. The zero-order valence-corrected chi connectivity index (χ0v) is 19.3. The number of pyridine rings is 1. The standard InChI is InChI=1S/C24H25ClN4OS/c1-24(2,3)21-20(13-17-12-16-6-4-5-7-19(16)27-22(17)30)31-23(28-21)29-26-14-15-8-10-18(25)11-9-15/h4-12,26H,13-14H2,1-3H3,(H,27,30)(H,28,29). The highest BCUT2D eigenvalue weighted by Gasteiger charge is 2.24. The van der Waals surface area contributed by atoms with E-state index in [1.165, 1.54) is 0 Å². The van der Waals surface area contributed by atoms with E-state index in [4.69, 9.17) is 16.6 Å². The van der Waals surface area contributed by atoms with Gasteiger partial charge < -0.3 is 4.98 Å². The molecule has 0 radical (unpaired) electrons. The number of anilines is 1. The molecule has 0 atom stereocenters. The Bertz CT molecular complexity index is 1260. The van der Waals surface area contributed by atoms with Gasteiger partial charge in [-0.05, 0) is 35.2 Å². The van der Waals surface area contributed by atoms with Crippen molar-refractivity contribution in [2.75, 3.05) is 5.43 Å². The average Bonchev–Trinajstić information content (AvgIpc) is 3.13. The van der Waals surface area contributed by atoms with Crippen LogP contribution in [0.3, 0.4) is 0 Å². The van der Waals surface area contributed by atoms with Crippen LogP contribution in [0, 0.1) is 0 Å². The molecule has 5 nitrogen and oxygen atoms in total. The summed E-state index contributed by atoms with van der Waals surface area (Å²) in [5, 5.41) is 2.53. The molecule has 0 unspecified atom stereocenters. The lowest BCUT2D eigenvalue weighted by Crippen LogP contribution is -2.21. The number of nitrogens with zero attached hydrogens (tertiary/aromatic N) is 1. The van der Waals surface area contributed by atoms with Gasteiger partial charge in [-0.2, -0.15) is 0 Å². The van der Waals surface area contributed by atoms with Crippen molar-refractivity contribution < 1.29 is 0 Å². The van der Waals surface area contributed by atoms with Crippen molar-refractivity contribution in [1.82, 2.24) is 15.4 Å². The summed E-state index contributed by atoms with van der Waals surface area (Å²) in [6.07, 6.45) is 0.545. The molecule has 0 spiro atoms. The summed E-state index contributed by atoms with van der Waals surface area (Å²) in [6, 6.07) is 17.5. The van der Waals surface area contributed by atoms with E-state index in [2.05, 4.69) is 36.6 Å². The van der Waals surface area contributed by atoms with Crippen LogP contribution in [0.25, 0.3) is 10.9 Å². The number of hydrazine groups is 1. The Hall–Kier alpha value is -2.67. The van der Waals surface area contributed by atoms with Crippen molar-refractivity contribution in [2.45, 2.75) is 39.2 Å². The monoisotopic (exact) mass is 452 g/mol. The molecular weight excluding hydrogens is 428 g/mol. The second kappa shape index (κ2) is 8.83. The van der Waals surface area contributed by atoms with Crippen LogP contribution in [0.4, 0.5) is 5.13 Å². The van der Waals surface area contributed by atoms with Crippen LogP contribution in [0.5, 0.6) is 0 Å². The highest BCUT2D eigenvalue weighted by atomic mass is 35.5. The molecule has 31 heavy (non-hydrogen) atoms. The molecule has 4 rings (SSSR count). The lowest BCUT2D eigenvalue weighted by molar-refractivity contribution is 0.567. The quantitative estimate of drug-likeness (QED) is 0.331. The van der Waals surface area contributed by atoms with Crippen LogP contribution in [0.15, 0.2) is 59.4 Å². The summed E-state index contributed by atoms with van der Waals surface area (Å²) in [5.74, 6) is 0. The molecule has 7 heteroatoms. The molecule has 0 saturated carbocycles. The Morgan fingerprint density at radius 2 is 1.84 bits per heavy atom. The van der Waals surface area contributed by atoms with Gasteiger partial charge in [0.2, 0.25) is 0 Å². The van der Waals surface area contributed by atoms with Crippen LogP contribution in [-0.2, 0) is 18.4 Å². The van der Waals surface area contributed by atoms with Crippen molar-refractivity contribution in [3.63, 3.8) is 0 Å². The van der Waals surface area contributed by atoms with Gasteiger partial charge in [0, 0.05) is 39.4 Å². The molecule has 0 aliphatic heterocycles. The smallest absolute Gasteiger partial charge is 0.251 e. The molecule has 0 aliphatic carbocycles. The molecular formula is C24H25ClN4OS. The van der Waals surface area contributed by atoms with Gasteiger partial charge >= 0.3 is 0 Å². The number of benzene rings is 2. The lowest BCUT2D eigenvalue weighted by Gasteiger charge is -2.17. The number of thiazole rings is 1. The van der Waals surface area contributed by atoms with Crippen molar-refractivity contribution >= 4 is 39.0 Å². The number of hydrogen-bond donors (Lipinski definition) is 3. The van der Waals surface area contributed by atoms with E-state index >= 15 is 0 Å². The van der Waals surface area contributed by atoms with Crippen LogP contribution in [0.1, 0.15) is 42.5 Å². The van der Waals surface area contributed by atoms with Gasteiger partial charge in [0.15, 0.2) is 5.13 Å². The van der Waals surface area contributed by atoms with Crippen molar-refractivity contribution in [3.05, 3.63) is 91.7 Å². The molecule has 4 aromatic rings. The van der Waals surface area contributed by atoms with Crippen LogP contribution < -0.4 is 16.4 Å². The van der Waals surface area contributed by atoms with Crippen LogP contribution >= 0.6 is 22.9 Å². The number of nitrogens with one attached hydrogen (secondary N) is 3. The minimum atomic E-state index is -0.133. The number of hydrogen-bond acceptors (Lipinski definition) is 5. The molecule has 3 N–H and O–H groups in total. The second-order valence-electron chi connectivity index (χ2n) is 8.53. The largest absolute Gasteiger partial charge is 0.322 e. The zero-order chi connectivity index (χ0) is 22.0. The Labute approximate surface area is 190 Å². The van der Waals surface area contributed by atoms with Crippen LogP contribution in [0.2, 0.25) is 5.02 Å². The van der Waals surface area contributed by atoms with E-state index in [-0.39, 0.29) is 11.0 Å². The average molecular weight is 453 g/mol. The first-order chi connectivity index (χ1) is 14.8. The molecule has 0 bridgehead atoms. The Balaban J connectivity index is 1.55. The number of H-pyrrole nitrogens is 1. The number of aromatic nitrogens is 2. The maximum atomic E-state index is 12.6. The van der Waals surface area contributed by atoms with E-state index in [1.807, 2.05) is 54.6 Å². The van der Waals surface area contributed by atoms with Gasteiger partial charge in [-0.15, -0.1) is 11.3 Å². The van der Waals surface area contributed by atoms with Crippen molar-refractivity contribution in [1.29, 1.82) is 0 Å². The third-order valence-electron chi connectivity index (χ3n) is 4.99. The highest BCUT2D eigenvalue weighted by Crippen LogP contribution is 2.33. The number of fused-ring (bicyclic) bond motifs is 1. The fourth-order valence-electron chi connectivity index (χ4n) is 3.43. The second-order valence-corrected chi connectivity index (χ2v) is 10.1. The molecule has 0 saturated heterocycles. The molecule has 2 aromatic heterocycles. The van der Waals surface area contributed by atoms with Gasteiger partial charge in [0.25, 0.3) is 5.56 Å². The Kier molecular flexibility index (Phi) is 6.14. The topological polar surface area (TPSA) is 69.8 Å². The summed E-state index contributed by atoms with van der Waals surface area (Å²) in [5.41, 5.74) is 9.95. The maximum absolute atomic E-state index is 12.6. The minimum Gasteiger partial charge on any atom is -0.322 e. The van der Waals surface area contributed by atoms with Crippen LogP contribution in [-0.4, -0.2) is 9.97 Å². The molecule has 0 amide bonds. The van der Waals surface area contributed by atoms with Gasteiger partial charge in [-0.1, -0.05) is 62.7 Å². The lowest BCUT2D eigenvalue weighted by atomic mass is 9.90. The van der Waals surface area contributed by atoms with E-state index < -0.39 is 0 Å². The Morgan fingerprint density at radius 1 is 1.10 bits per heavy atom. The molecule has 2 aromatic carbocycles. The van der Waals surface area contributed by atoms with E-state index in [0.717, 1.165) is 42.8 Å². The van der Waals surface area contributed by atoms with Gasteiger partial charge in [-0.25, -0.2) is 10.4 Å². The van der Waals surface area contributed by atoms with E-state index in [0.29, 0.717) is 13.0 Å². The van der Waals surface area contributed by atoms with E-state index in [1.54, 1.807) is 11.3 Å². The van der Waals surface area contributed by atoms with Crippen molar-refractivity contribution in [3.8, 4) is 0 Å². The molecule has 2 heterocycles. The predicted octanol–water partition coefficient (Wildman–Crippen LogP) is 5.64. The molecule has 0 aliphatic rings. The zero-order valence-electron chi connectivity index (χ0n) is 17.8. The maximum Gasteiger partial charge on any atom is 0.251 e. The van der Waals surface area contributed by atoms with Crippen molar-refractivity contribution in [2.24, 2.45) is 0 Å². The van der Waals surface area contributed by atoms with Gasteiger partial charge in [0.1, 0.15) is 0 Å². The normalized spacial score (nSPS) is 11.7. The van der Waals surface area contributed by atoms with Gasteiger partial charge in [-0.3, -0.25) is 10.2 Å². The van der Waals surface area contributed by atoms with E-state index in [9.17, 15) is 4.79 Å². The Morgan fingerprint density at radius 3 is 2.58 bits per heavy atom. The predicted molar refractivity (Wildman–Crippen MR) is 130 cm³/mol. The SMILES string of the molecule is CC(C)(C)c1nc(NNCc2ccc(Cl)cc2)sc1Cc1cc2ccccc2[nH]c1=O. The summed E-state index contributed by atoms with van der Waals surface area (Å²) in [6.45, 7) is 7.06. The number of rotatable bonds is 6. The molecule has 160 valence electrons. The first kappa shape index (κ1) is 21.6. The minimum absolute atomic E-state index is 0.0534. The summed E-state index contributed by atoms with van der Waals surface area (Å²) >= 11 is 7.52. The summed E-state index contributed by atoms with van der Waals surface area (Å²) in [7, 11) is 0. The summed E-state index contributed by atoms with van der Waals surface area (Å²) in [4.78, 5) is 21.6. The number of para-hydroxylation sites is 1.